The third-order valence-electron chi connectivity index (χ3n) is 3.44. The van der Waals surface area contributed by atoms with Gasteiger partial charge in [0.2, 0.25) is 0 Å². The molecule has 1 heterocycles. The predicted octanol–water partition coefficient (Wildman–Crippen LogP) is 3.14. The maximum absolute atomic E-state index is 10.0. The van der Waals surface area contributed by atoms with Crippen molar-refractivity contribution in [3.8, 4) is 0 Å². The van der Waals surface area contributed by atoms with Crippen molar-refractivity contribution < 1.29 is 9.52 Å². The van der Waals surface area contributed by atoms with E-state index < -0.39 is 0 Å². The van der Waals surface area contributed by atoms with Crippen LogP contribution in [0.15, 0.2) is 22.8 Å². The summed E-state index contributed by atoms with van der Waals surface area (Å²) in [4.78, 5) is 0. The van der Waals surface area contributed by atoms with Crippen molar-refractivity contribution in [1.29, 1.82) is 0 Å². The number of aliphatic hydroxyl groups excluding tert-OH is 1. The van der Waals surface area contributed by atoms with Crippen molar-refractivity contribution in [2.45, 2.75) is 38.7 Å². The normalized spacial score (nSPS) is 29.3. The molecule has 0 bridgehead atoms. The van der Waals surface area contributed by atoms with E-state index in [4.69, 9.17) is 4.42 Å². The highest BCUT2D eigenvalue weighted by Gasteiger charge is 2.30. The van der Waals surface area contributed by atoms with Gasteiger partial charge in [-0.2, -0.15) is 0 Å². The molecule has 0 spiro atoms. The van der Waals surface area contributed by atoms with Gasteiger partial charge in [-0.3, -0.25) is 0 Å². The summed E-state index contributed by atoms with van der Waals surface area (Å²) in [6.45, 7) is 2.23. The maximum Gasteiger partial charge on any atom is 0.132 e. The standard InChI is InChI=1S/C12H18O2/c1-2-9-5-6-10(8-9)12(13)11-4-3-7-14-11/h3-4,7,9-10,12-13H,2,5-6,8H2,1H3. The molecule has 14 heavy (non-hydrogen) atoms. The van der Waals surface area contributed by atoms with Crippen molar-refractivity contribution in [3.63, 3.8) is 0 Å². The molecule has 0 aliphatic heterocycles. The van der Waals surface area contributed by atoms with Crippen molar-refractivity contribution in [2.24, 2.45) is 11.8 Å². The van der Waals surface area contributed by atoms with E-state index in [0.29, 0.717) is 5.92 Å². The average Bonchev–Trinajstić information content (AvgIpc) is 2.88. The second-order valence-electron chi connectivity index (χ2n) is 4.31. The lowest BCUT2D eigenvalue weighted by molar-refractivity contribution is 0.0865. The van der Waals surface area contributed by atoms with Gasteiger partial charge in [-0.25, -0.2) is 0 Å². The summed E-state index contributed by atoms with van der Waals surface area (Å²) in [7, 11) is 0. The van der Waals surface area contributed by atoms with Gasteiger partial charge in [0.15, 0.2) is 0 Å². The van der Waals surface area contributed by atoms with E-state index in [1.807, 2.05) is 12.1 Å². The van der Waals surface area contributed by atoms with Crippen molar-refractivity contribution in [2.75, 3.05) is 0 Å². The smallest absolute Gasteiger partial charge is 0.132 e. The van der Waals surface area contributed by atoms with E-state index in [2.05, 4.69) is 6.92 Å². The second kappa shape index (κ2) is 4.18. The van der Waals surface area contributed by atoms with Crippen LogP contribution in [0.25, 0.3) is 0 Å². The molecule has 1 saturated carbocycles. The first-order chi connectivity index (χ1) is 6.81. The van der Waals surface area contributed by atoms with Gasteiger partial charge in [-0.1, -0.05) is 19.8 Å². The highest BCUT2D eigenvalue weighted by atomic mass is 16.4. The Morgan fingerprint density at radius 1 is 1.57 bits per heavy atom. The quantitative estimate of drug-likeness (QED) is 0.802. The molecule has 3 unspecified atom stereocenters. The Balaban J connectivity index is 1.97. The minimum Gasteiger partial charge on any atom is -0.467 e. The Morgan fingerprint density at radius 2 is 2.43 bits per heavy atom. The maximum atomic E-state index is 10.0. The Morgan fingerprint density at radius 3 is 3.00 bits per heavy atom. The molecule has 0 aromatic carbocycles. The van der Waals surface area contributed by atoms with E-state index in [0.717, 1.165) is 24.5 Å². The van der Waals surface area contributed by atoms with Crippen LogP contribution in [0.5, 0.6) is 0 Å². The molecule has 0 amide bonds. The Labute approximate surface area is 84.9 Å². The summed E-state index contributed by atoms with van der Waals surface area (Å²) < 4.78 is 5.23. The van der Waals surface area contributed by atoms with Crippen LogP contribution in [0.1, 0.15) is 44.5 Å². The first kappa shape index (κ1) is 9.78. The number of rotatable bonds is 3. The van der Waals surface area contributed by atoms with E-state index >= 15 is 0 Å². The number of furan rings is 1. The van der Waals surface area contributed by atoms with Gasteiger partial charge in [-0.15, -0.1) is 0 Å². The lowest BCUT2D eigenvalue weighted by atomic mass is 9.96. The van der Waals surface area contributed by atoms with E-state index in [9.17, 15) is 5.11 Å². The van der Waals surface area contributed by atoms with E-state index in [1.54, 1.807) is 6.26 Å². The van der Waals surface area contributed by atoms with E-state index in [-0.39, 0.29) is 6.10 Å². The molecule has 0 saturated heterocycles. The highest BCUT2D eigenvalue weighted by molar-refractivity contribution is 5.04. The van der Waals surface area contributed by atoms with Crippen LogP contribution >= 0.6 is 0 Å². The predicted molar refractivity (Wildman–Crippen MR) is 54.8 cm³/mol. The third-order valence-corrected chi connectivity index (χ3v) is 3.44. The molecular formula is C12H18O2. The summed E-state index contributed by atoms with van der Waals surface area (Å²) in [6, 6.07) is 3.70. The van der Waals surface area contributed by atoms with Crippen molar-refractivity contribution >= 4 is 0 Å². The zero-order valence-electron chi connectivity index (χ0n) is 8.65. The molecule has 1 aromatic heterocycles. The zero-order chi connectivity index (χ0) is 9.97. The summed E-state index contributed by atoms with van der Waals surface area (Å²) in [5, 5.41) is 10.0. The van der Waals surface area contributed by atoms with Gasteiger partial charge in [0.1, 0.15) is 11.9 Å². The Hall–Kier alpha value is -0.760. The zero-order valence-corrected chi connectivity index (χ0v) is 8.65. The van der Waals surface area contributed by atoms with Gasteiger partial charge in [0, 0.05) is 0 Å². The fourth-order valence-electron chi connectivity index (χ4n) is 2.46. The monoisotopic (exact) mass is 194 g/mol. The van der Waals surface area contributed by atoms with E-state index in [1.165, 1.54) is 12.8 Å². The summed E-state index contributed by atoms with van der Waals surface area (Å²) >= 11 is 0. The molecule has 1 N–H and O–H groups in total. The molecule has 3 atom stereocenters. The van der Waals surface area contributed by atoms with Gasteiger partial charge >= 0.3 is 0 Å². The third kappa shape index (κ3) is 1.85. The van der Waals surface area contributed by atoms with Crippen LogP contribution in [-0.2, 0) is 0 Å². The second-order valence-corrected chi connectivity index (χ2v) is 4.31. The minimum absolute atomic E-state index is 0.387. The lowest BCUT2D eigenvalue weighted by Crippen LogP contribution is -2.08. The van der Waals surface area contributed by atoms with Crippen molar-refractivity contribution in [3.05, 3.63) is 24.2 Å². The molecule has 2 heteroatoms. The molecule has 1 fully saturated rings. The molecular weight excluding hydrogens is 176 g/mol. The first-order valence-electron chi connectivity index (χ1n) is 5.52. The van der Waals surface area contributed by atoms with Gasteiger partial charge in [0.25, 0.3) is 0 Å². The summed E-state index contributed by atoms with van der Waals surface area (Å²) in [5.74, 6) is 1.95. The summed E-state index contributed by atoms with van der Waals surface area (Å²) in [5.41, 5.74) is 0. The van der Waals surface area contributed by atoms with Crippen LogP contribution in [0.2, 0.25) is 0 Å². The average molecular weight is 194 g/mol. The molecule has 2 rings (SSSR count). The van der Waals surface area contributed by atoms with Gasteiger partial charge < -0.3 is 9.52 Å². The topological polar surface area (TPSA) is 33.4 Å². The molecule has 78 valence electrons. The van der Waals surface area contributed by atoms with Crippen LogP contribution in [0.4, 0.5) is 0 Å². The van der Waals surface area contributed by atoms with Gasteiger partial charge in [-0.05, 0) is 36.8 Å². The van der Waals surface area contributed by atoms with Crippen molar-refractivity contribution in [1.82, 2.24) is 0 Å². The van der Waals surface area contributed by atoms with Crippen LogP contribution < -0.4 is 0 Å². The van der Waals surface area contributed by atoms with Crippen LogP contribution in [-0.4, -0.2) is 5.11 Å². The van der Waals surface area contributed by atoms with Crippen LogP contribution in [0, 0.1) is 11.8 Å². The molecule has 0 radical (unpaired) electrons. The SMILES string of the molecule is CCC1CCC(C(O)c2ccco2)C1. The molecule has 1 aromatic rings. The molecule has 1 aliphatic rings. The first-order valence-corrected chi connectivity index (χ1v) is 5.52. The lowest BCUT2D eigenvalue weighted by Gasteiger charge is -2.15. The molecule has 1 aliphatic carbocycles. The largest absolute Gasteiger partial charge is 0.467 e. The highest BCUT2D eigenvalue weighted by Crippen LogP contribution is 2.40. The minimum atomic E-state index is -0.387. The fraction of sp³-hybridized carbons (Fsp3) is 0.667. The Kier molecular flexibility index (Phi) is 2.92. The Bertz CT molecular complexity index is 266. The summed E-state index contributed by atoms with van der Waals surface area (Å²) in [6.07, 6.45) is 6.03. The number of hydrogen-bond donors (Lipinski definition) is 1. The van der Waals surface area contributed by atoms with Gasteiger partial charge in [0.05, 0.1) is 6.26 Å². The fourth-order valence-corrected chi connectivity index (χ4v) is 2.46. The van der Waals surface area contributed by atoms with Crippen LogP contribution in [0.3, 0.4) is 0 Å². The number of aliphatic hydroxyl groups is 1. The number of hydrogen-bond acceptors (Lipinski definition) is 2. The molecule has 2 nitrogen and oxygen atoms in total.